The van der Waals surface area contributed by atoms with E-state index in [2.05, 4.69) is 83.0 Å². The Kier molecular flexibility index (Phi) is 4.05. The first-order valence-electron chi connectivity index (χ1n) is 4.03. The van der Waals surface area contributed by atoms with E-state index in [9.17, 15) is 0 Å². The molecule has 1 aromatic rings. The van der Waals surface area contributed by atoms with E-state index in [1.807, 2.05) is 0 Å². The normalized spacial score (nSPS) is 11.5. The third-order valence-electron chi connectivity index (χ3n) is 1.33. The number of para-hydroxylation sites is 1. The predicted octanol–water partition coefficient (Wildman–Crippen LogP) is 4.11. The summed E-state index contributed by atoms with van der Waals surface area (Å²) in [6.07, 6.45) is 0. The highest BCUT2D eigenvalue weighted by Crippen LogP contribution is 2.29. The number of hydrogen-bond acceptors (Lipinski definition) is 1. The van der Waals surface area contributed by atoms with Crippen molar-refractivity contribution in [3.05, 3.63) is 25.3 Å². The molecule has 0 spiro atoms. The van der Waals surface area contributed by atoms with E-state index in [-0.39, 0.29) is 0 Å². The second kappa shape index (κ2) is 4.48. The minimum atomic E-state index is -1.47. The Balaban J connectivity index is 3.00. The van der Waals surface area contributed by atoms with Gasteiger partial charge in [0.1, 0.15) is 5.75 Å². The van der Waals surface area contributed by atoms with Crippen molar-refractivity contribution in [2.75, 3.05) is 0 Å². The molecular formula is C9H12I2OSi. The van der Waals surface area contributed by atoms with Crippen molar-refractivity contribution in [3.8, 4) is 5.75 Å². The average Bonchev–Trinajstić information content (AvgIpc) is 1.95. The first-order valence-corrected chi connectivity index (χ1v) is 9.60. The Morgan fingerprint density at radius 1 is 1.08 bits per heavy atom. The van der Waals surface area contributed by atoms with Crippen molar-refractivity contribution in [1.82, 2.24) is 0 Å². The summed E-state index contributed by atoms with van der Waals surface area (Å²) in [6.45, 7) is 6.60. The highest BCUT2D eigenvalue weighted by atomic mass is 127. The molecule has 0 fully saturated rings. The van der Waals surface area contributed by atoms with Crippen molar-refractivity contribution in [2.24, 2.45) is 0 Å². The molecule has 0 aliphatic rings. The van der Waals surface area contributed by atoms with Gasteiger partial charge in [-0.2, -0.15) is 0 Å². The molecule has 13 heavy (non-hydrogen) atoms. The molecule has 0 saturated heterocycles. The molecule has 1 nitrogen and oxygen atoms in total. The first-order chi connectivity index (χ1) is 5.90. The molecule has 1 aromatic carbocycles. The van der Waals surface area contributed by atoms with Crippen molar-refractivity contribution >= 4 is 53.5 Å². The van der Waals surface area contributed by atoms with Crippen LogP contribution in [0.5, 0.6) is 5.75 Å². The molecule has 0 aliphatic heterocycles. The van der Waals surface area contributed by atoms with Crippen LogP contribution in [0.2, 0.25) is 19.6 Å². The lowest BCUT2D eigenvalue weighted by Crippen LogP contribution is -2.30. The number of halogens is 2. The van der Waals surface area contributed by atoms with Gasteiger partial charge in [0.2, 0.25) is 8.32 Å². The van der Waals surface area contributed by atoms with Crippen LogP contribution < -0.4 is 4.43 Å². The van der Waals surface area contributed by atoms with Crippen LogP contribution in [0.25, 0.3) is 0 Å². The summed E-state index contributed by atoms with van der Waals surface area (Å²) in [5, 5.41) is 0. The van der Waals surface area contributed by atoms with Gasteiger partial charge in [0, 0.05) is 0 Å². The topological polar surface area (TPSA) is 9.23 Å². The average molecular weight is 418 g/mol. The number of rotatable bonds is 2. The molecule has 0 heterocycles. The van der Waals surface area contributed by atoms with E-state index in [1.54, 1.807) is 0 Å². The monoisotopic (exact) mass is 418 g/mol. The van der Waals surface area contributed by atoms with Gasteiger partial charge in [-0.25, -0.2) is 0 Å². The summed E-state index contributed by atoms with van der Waals surface area (Å²) >= 11 is 4.64. The van der Waals surface area contributed by atoms with E-state index in [0.717, 1.165) is 5.75 Å². The fraction of sp³-hybridized carbons (Fsp3) is 0.333. The zero-order valence-electron chi connectivity index (χ0n) is 7.90. The number of hydrogen-bond donors (Lipinski definition) is 0. The highest BCUT2D eigenvalue weighted by molar-refractivity contribution is 14.1. The molecule has 0 unspecified atom stereocenters. The lowest BCUT2D eigenvalue weighted by Gasteiger charge is -2.21. The molecule has 0 radical (unpaired) electrons. The van der Waals surface area contributed by atoms with Crippen LogP contribution in [0.3, 0.4) is 0 Å². The maximum atomic E-state index is 5.99. The molecule has 0 aromatic heterocycles. The SMILES string of the molecule is C[Si](C)(C)Oc1c(I)cccc1I. The van der Waals surface area contributed by atoms with Crippen molar-refractivity contribution in [1.29, 1.82) is 0 Å². The molecule has 1 rings (SSSR count). The summed E-state index contributed by atoms with van der Waals surface area (Å²) < 4.78 is 8.39. The third kappa shape index (κ3) is 3.74. The molecule has 0 bridgehead atoms. The summed E-state index contributed by atoms with van der Waals surface area (Å²) in [4.78, 5) is 0. The van der Waals surface area contributed by atoms with E-state index in [4.69, 9.17) is 4.43 Å². The van der Waals surface area contributed by atoms with Crippen molar-refractivity contribution < 1.29 is 4.43 Å². The van der Waals surface area contributed by atoms with E-state index in [1.165, 1.54) is 7.14 Å². The summed E-state index contributed by atoms with van der Waals surface area (Å²) in [7, 11) is -1.47. The second-order valence-corrected chi connectivity index (χ2v) is 10.5. The standard InChI is InChI=1S/C9H12I2OSi/c1-13(2,3)12-9-7(10)5-4-6-8(9)11/h4-6H,1-3H3. The lowest BCUT2D eigenvalue weighted by atomic mass is 10.3. The Hall–Kier alpha value is 0.697. The maximum Gasteiger partial charge on any atom is 0.242 e. The van der Waals surface area contributed by atoms with Gasteiger partial charge in [0.15, 0.2) is 0 Å². The minimum absolute atomic E-state index is 1.06. The molecule has 0 aliphatic carbocycles. The minimum Gasteiger partial charge on any atom is -0.543 e. The van der Waals surface area contributed by atoms with Gasteiger partial charge >= 0.3 is 0 Å². The first kappa shape index (κ1) is 11.8. The van der Waals surface area contributed by atoms with Crippen LogP contribution in [0.4, 0.5) is 0 Å². The molecule has 0 amide bonds. The van der Waals surface area contributed by atoms with Gasteiger partial charge in [-0.1, -0.05) is 6.07 Å². The van der Waals surface area contributed by atoms with Crippen LogP contribution in [-0.2, 0) is 0 Å². The van der Waals surface area contributed by atoms with Crippen LogP contribution in [0.1, 0.15) is 0 Å². The van der Waals surface area contributed by atoms with Crippen LogP contribution in [0.15, 0.2) is 18.2 Å². The van der Waals surface area contributed by atoms with Gasteiger partial charge in [-0.3, -0.25) is 0 Å². The summed E-state index contributed by atoms with van der Waals surface area (Å²) in [5.41, 5.74) is 0. The summed E-state index contributed by atoms with van der Waals surface area (Å²) in [6, 6.07) is 6.22. The van der Waals surface area contributed by atoms with Gasteiger partial charge in [0.05, 0.1) is 7.14 Å². The zero-order chi connectivity index (χ0) is 10.1. The number of benzene rings is 1. The molecule has 4 heteroatoms. The maximum absolute atomic E-state index is 5.99. The quantitative estimate of drug-likeness (QED) is 0.519. The Morgan fingerprint density at radius 3 is 1.92 bits per heavy atom. The Morgan fingerprint density at radius 2 is 1.54 bits per heavy atom. The second-order valence-electron chi connectivity index (χ2n) is 3.77. The smallest absolute Gasteiger partial charge is 0.242 e. The fourth-order valence-electron chi connectivity index (χ4n) is 0.886. The summed E-state index contributed by atoms with van der Waals surface area (Å²) in [5.74, 6) is 1.06. The molecule has 0 atom stereocenters. The van der Waals surface area contributed by atoms with Gasteiger partial charge in [-0.15, -0.1) is 0 Å². The Labute approximate surface area is 108 Å². The van der Waals surface area contributed by atoms with E-state index >= 15 is 0 Å². The van der Waals surface area contributed by atoms with E-state index in [0.29, 0.717) is 0 Å². The van der Waals surface area contributed by atoms with Crippen LogP contribution >= 0.6 is 45.2 Å². The largest absolute Gasteiger partial charge is 0.543 e. The predicted molar refractivity (Wildman–Crippen MR) is 75.9 cm³/mol. The zero-order valence-corrected chi connectivity index (χ0v) is 13.2. The molecule has 0 saturated carbocycles. The molecule has 0 N–H and O–H groups in total. The fourth-order valence-corrected chi connectivity index (χ4v) is 3.87. The van der Waals surface area contributed by atoms with Crippen molar-refractivity contribution in [3.63, 3.8) is 0 Å². The Bertz CT molecular complexity index is 287. The van der Waals surface area contributed by atoms with E-state index < -0.39 is 8.32 Å². The van der Waals surface area contributed by atoms with Crippen molar-refractivity contribution in [2.45, 2.75) is 19.6 Å². The van der Waals surface area contributed by atoms with Gasteiger partial charge < -0.3 is 4.43 Å². The third-order valence-corrected chi connectivity index (χ3v) is 3.84. The van der Waals surface area contributed by atoms with Gasteiger partial charge in [-0.05, 0) is 77.0 Å². The lowest BCUT2D eigenvalue weighted by molar-refractivity contribution is 0.549. The van der Waals surface area contributed by atoms with Crippen LogP contribution in [-0.4, -0.2) is 8.32 Å². The molecule has 72 valence electrons. The van der Waals surface area contributed by atoms with Gasteiger partial charge in [0.25, 0.3) is 0 Å². The highest BCUT2D eigenvalue weighted by Gasteiger charge is 2.19. The van der Waals surface area contributed by atoms with Crippen LogP contribution in [0, 0.1) is 7.14 Å². The molecular weight excluding hydrogens is 406 g/mol.